The molecular formula is C40H44N2O7. The molecule has 0 amide bonds. The van der Waals surface area contributed by atoms with E-state index in [4.69, 9.17) is 18.9 Å². The van der Waals surface area contributed by atoms with Crippen molar-refractivity contribution in [3.05, 3.63) is 119 Å². The van der Waals surface area contributed by atoms with E-state index in [0.29, 0.717) is 30.4 Å². The van der Waals surface area contributed by atoms with Crippen LogP contribution < -0.4 is 0 Å². The Hall–Kier alpha value is -4.63. The van der Waals surface area contributed by atoms with Crippen molar-refractivity contribution in [1.29, 1.82) is 0 Å². The summed E-state index contributed by atoms with van der Waals surface area (Å²) in [5, 5.41) is 0. The van der Waals surface area contributed by atoms with Crippen LogP contribution in [0.1, 0.15) is 86.1 Å². The number of benzene rings is 1. The highest BCUT2D eigenvalue weighted by Crippen LogP contribution is 2.57. The first kappa shape index (κ1) is 34.2. The minimum Gasteiger partial charge on any atom is -0.465 e. The van der Waals surface area contributed by atoms with Gasteiger partial charge in [0, 0.05) is 37.1 Å². The Balaban J connectivity index is 1.46. The smallest absolute Gasteiger partial charge is 0.340 e. The summed E-state index contributed by atoms with van der Waals surface area (Å²) in [5.74, 6) is -1.88. The van der Waals surface area contributed by atoms with Gasteiger partial charge in [-0.2, -0.15) is 0 Å². The molecule has 6 atom stereocenters. The van der Waals surface area contributed by atoms with Gasteiger partial charge in [-0.25, -0.2) is 9.59 Å². The van der Waals surface area contributed by atoms with Crippen molar-refractivity contribution in [1.82, 2.24) is 9.97 Å². The minimum atomic E-state index is -0.969. The van der Waals surface area contributed by atoms with Crippen LogP contribution in [0.25, 0.3) is 0 Å². The maximum absolute atomic E-state index is 13.8. The maximum atomic E-state index is 13.8. The zero-order valence-electron chi connectivity index (χ0n) is 28.6. The third-order valence-corrected chi connectivity index (χ3v) is 10.3. The molecule has 9 nitrogen and oxygen atoms in total. The summed E-state index contributed by atoms with van der Waals surface area (Å²) in [4.78, 5) is 49.3. The van der Waals surface area contributed by atoms with Crippen LogP contribution in [0, 0.1) is 11.3 Å². The third-order valence-electron chi connectivity index (χ3n) is 10.3. The second-order valence-electron chi connectivity index (χ2n) is 14.0. The van der Waals surface area contributed by atoms with Gasteiger partial charge >= 0.3 is 17.9 Å². The number of carbonyl (C=O) groups is 3. The molecule has 0 spiro atoms. The first-order valence-electron chi connectivity index (χ1n) is 17.0. The summed E-state index contributed by atoms with van der Waals surface area (Å²) in [6.45, 7) is 8.15. The maximum Gasteiger partial charge on any atom is 0.340 e. The zero-order chi connectivity index (χ0) is 34.6. The molecule has 0 radical (unpaired) electrons. The quantitative estimate of drug-likeness (QED) is 0.108. The molecule has 6 rings (SSSR count). The highest BCUT2D eigenvalue weighted by atomic mass is 16.6. The molecule has 9 heteroatoms. The predicted octanol–water partition coefficient (Wildman–Crippen LogP) is 7.03. The second-order valence-corrected chi connectivity index (χ2v) is 14.0. The van der Waals surface area contributed by atoms with Crippen molar-refractivity contribution in [2.75, 3.05) is 6.61 Å². The summed E-state index contributed by atoms with van der Waals surface area (Å²) >= 11 is 0. The van der Waals surface area contributed by atoms with Crippen molar-refractivity contribution in [2.45, 2.75) is 90.1 Å². The number of allylic oxidation sites excluding steroid dienone is 2. The second kappa shape index (κ2) is 14.5. The number of epoxide rings is 1. The first-order chi connectivity index (χ1) is 23.6. The van der Waals surface area contributed by atoms with Crippen molar-refractivity contribution in [3.8, 4) is 0 Å². The summed E-state index contributed by atoms with van der Waals surface area (Å²) in [7, 11) is 0. The van der Waals surface area contributed by atoms with Crippen LogP contribution in [0.3, 0.4) is 0 Å². The van der Waals surface area contributed by atoms with Crippen LogP contribution in [-0.4, -0.2) is 58.4 Å². The minimum absolute atomic E-state index is 0.0143. The molecule has 1 saturated heterocycles. The molecule has 49 heavy (non-hydrogen) atoms. The van der Waals surface area contributed by atoms with E-state index in [1.165, 1.54) is 12.4 Å². The average Bonchev–Trinajstić information content (AvgIpc) is 3.57. The predicted molar refractivity (Wildman–Crippen MR) is 182 cm³/mol. The number of hydrogen-bond donors (Lipinski definition) is 0. The summed E-state index contributed by atoms with van der Waals surface area (Å²) < 4.78 is 25.5. The molecule has 0 bridgehead atoms. The zero-order valence-corrected chi connectivity index (χ0v) is 28.6. The van der Waals surface area contributed by atoms with Crippen LogP contribution in [0.2, 0.25) is 0 Å². The van der Waals surface area contributed by atoms with E-state index < -0.39 is 47.0 Å². The number of aromatic nitrogens is 2. The van der Waals surface area contributed by atoms with E-state index in [1.807, 2.05) is 57.2 Å². The van der Waals surface area contributed by atoms with Crippen LogP contribution >= 0.6 is 0 Å². The largest absolute Gasteiger partial charge is 0.465 e. The lowest BCUT2D eigenvalue weighted by molar-refractivity contribution is -0.152. The fourth-order valence-corrected chi connectivity index (χ4v) is 7.61. The van der Waals surface area contributed by atoms with Gasteiger partial charge in [0.1, 0.15) is 18.8 Å². The lowest BCUT2D eigenvalue weighted by Gasteiger charge is -2.43. The van der Waals surface area contributed by atoms with E-state index in [9.17, 15) is 14.4 Å². The fraction of sp³-hybridized carbons (Fsp3) is 0.425. The number of esters is 3. The van der Waals surface area contributed by atoms with Gasteiger partial charge in [0.2, 0.25) is 0 Å². The molecule has 1 aromatic carbocycles. The van der Waals surface area contributed by atoms with Crippen LogP contribution in [0.15, 0.2) is 102 Å². The first-order valence-corrected chi connectivity index (χ1v) is 17.0. The van der Waals surface area contributed by atoms with Gasteiger partial charge in [0.05, 0.1) is 34.7 Å². The number of rotatable bonds is 8. The number of carbonyl (C=O) groups excluding carboxylic acids is 3. The molecule has 256 valence electrons. The standard InChI is InChI=1S/C40H44N2O7/c1-26(2)31-16-17-40(25-46-35(43)21-28-10-6-5-7-11-28)34(48-38(45)30-13-9-19-42-24-30)20-27(3)14-15-33-39(4,49-33)22-32(36(31)40)47-37(44)29-12-8-18-41-23-29/h5-13,18-20,23-24,32-34,36H,14-17,21-22,25H2,1-4H3/b27-20+/t32-,33+,34-,36+,39-,40-/m0/s1. The Kier molecular flexibility index (Phi) is 10.1. The molecule has 3 aromatic rings. The van der Waals surface area contributed by atoms with Gasteiger partial charge < -0.3 is 18.9 Å². The normalized spacial score (nSPS) is 28.8. The number of hydrogen-bond acceptors (Lipinski definition) is 9. The number of ether oxygens (including phenoxy) is 4. The van der Waals surface area contributed by atoms with Crippen molar-refractivity contribution in [2.24, 2.45) is 11.3 Å². The lowest BCUT2D eigenvalue weighted by Crippen LogP contribution is -2.50. The molecule has 2 aromatic heterocycles. The Morgan fingerprint density at radius 1 is 0.898 bits per heavy atom. The SMILES string of the molecule is CC(C)=C1CC[C@]2(COC(=O)Cc3ccccc3)[C@@H](OC(=O)c3cccnc3)/C=C(\C)CC[C@H]3O[C@@]3(C)C[C@H](OC(=O)c3cccnc3)[C@@H]12. The molecule has 0 unspecified atom stereocenters. The number of pyridine rings is 2. The number of nitrogens with zero attached hydrogens (tertiary/aromatic N) is 2. The molecule has 3 heterocycles. The topological polar surface area (TPSA) is 117 Å². The molecular weight excluding hydrogens is 620 g/mol. The average molecular weight is 665 g/mol. The molecule has 1 saturated carbocycles. The highest BCUT2D eigenvalue weighted by molar-refractivity contribution is 5.89. The van der Waals surface area contributed by atoms with Gasteiger partial charge in [0.25, 0.3) is 0 Å². The van der Waals surface area contributed by atoms with Crippen LogP contribution in [0.5, 0.6) is 0 Å². The molecule has 3 aliphatic rings. The van der Waals surface area contributed by atoms with E-state index in [1.54, 1.807) is 36.7 Å². The summed E-state index contributed by atoms with van der Waals surface area (Å²) in [5.41, 5.74) is 3.21. The Labute approximate surface area is 287 Å². The Morgan fingerprint density at radius 2 is 1.57 bits per heavy atom. The summed E-state index contributed by atoms with van der Waals surface area (Å²) in [6, 6.07) is 16.2. The van der Waals surface area contributed by atoms with E-state index in [2.05, 4.69) is 16.9 Å². The molecule has 2 aliphatic carbocycles. The van der Waals surface area contributed by atoms with Crippen molar-refractivity contribution >= 4 is 17.9 Å². The highest BCUT2D eigenvalue weighted by Gasteiger charge is 2.61. The third kappa shape index (κ3) is 7.67. The van der Waals surface area contributed by atoms with Gasteiger partial charge in [-0.05, 0) is 89.3 Å². The lowest BCUT2D eigenvalue weighted by atomic mass is 9.68. The van der Waals surface area contributed by atoms with Crippen LogP contribution in [0.4, 0.5) is 0 Å². The number of fused-ring (bicyclic) bond motifs is 2. The molecule has 2 fully saturated rings. The van der Waals surface area contributed by atoms with E-state index >= 15 is 0 Å². The van der Waals surface area contributed by atoms with Gasteiger partial charge in [0.15, 0.2) is 0 Å². The Morgan fingerprint density at radius 3 is 2.20 bits per heavy atom. The van der Waals surface area contributed by atoms with Crippen LogP contribution in [-0.2, 0) is 30.2 Å². The van der Waals surface area contributed by atoms with Crippen molar-refractivity contribution in [3.63, 3.8) is 0 Å². The van der Waals surface area contributed by atoms with E-state index in [0.717, 1.165) is 35.1 Å². The monoisotopic (exact) mass is 664 g/mol. The molecule has 0 N–H and O–H groups in total. The summed E-state index contributed by atoms with van der Waals surface area (Å²) in [6.07, 6.45) is 9.88. The fourth-order valence-electron chi connectivity index (χ4n) is 7.61. The van der Waals surface area contributed by atoms with Gasteiger partial charge in [-0.3, -0.25) is 14.8 Å². The molecule has 1 aliphatic heterocycles. The van der Waals surface area contributed by atoms with Gasteiger partial charge in [-0.1, -0.05) is 47.1 Å². The van der Waals surface area contributed by atoms with Crippen molar-refractivity contribution < 1.29 is 33.3 Å². The van der Waals surface area contributed by atoms with E-state index in [-0.39, 0.29) is 19.1 Å². The Bertz CT molecular complexity index is 1720. The van der Waals surface area contributed by atoms with Gasteiger partial charge in [-0.15, -0.1) is 0 Å².